The van der Waals surface area contributed by atoms with E-state index in [4.69, 9.17) is 0 Å². The number of phenolic OH excluding ortho intramolecular Hbond substituents is 2. The lowest BCUT2D eigenvalue weighted by atomic mass is 10.0. The molecule has 0 bridgehead atoms. The third-order valence-corrected chi connectivity index (χ3v) is 3.67. The quantitative estimate of drug-likeness (QED) is 0.547. The molecule has 3 N–H and O–H groups in total. The van der Waals surface area contributed by atoms with Gasteiger partial charge in [0, 0.05) is 5.56 Å². The molecule has 1 aliphatic carbocycles. The molecule has 0 fully saturated rings. The highest BCUT2D eigenvalue weighted by atomic mass is 16.4. The first-order valence-corrected chi connectivity index (χ1v) is 7.26. The molecular formula is C17H20O4. The van der Waals surface area contributed by atoms with Gasteiger partial charge in [-0.2, -0.15) is 0 Å². The van der Waals surface area contributed by atoms with Crippen molar-refractivity contribution in [2.75, 3.05) is 0 Å². The summed E-state index contributed by atoms with van der Waals surface area (Å²) in [6.07, 6.45) is 9.07. The van der Waals surface area contributed by atoms with Crippen LogP contribution in [0.1, 0.15) is 50.2 Å². The third kappa shape index (κ3) is 3.27. The molecule has 112 valence electrons. The molecule has 0 amide bonds. The van der Waals surface area contributed by atoms with Gasteiger partial charge in [0.25, 0.3) is 0 Å². The van der Waals surface area contributed by atoms with Gasteiger partial charge in [0.15, 0.2) is 11.5 Å². The maximum Gasteiger partial charge on any atom is 0.336 e. The molecule has 2 rings (SSSR count). The Hall–Kier alpha value is -2.23. The van der Waals surface area contributed by atoms with E-state index in [0.29, 0.717) is 11.1 Å². The minimum Gasteiger partial charge on any atom is -0.504 e. The number of carbonyl (C=O) groups is 1. The van der Waals surface area contributed by atoms with Gasteiger partial charge in [0.05, 0.1) is 5.57 Å². The van der Waals surface area contributed by atoms with E-state index in [-0.39, 0.29) is 17.1 Å². The molecule has 0 saturated carbocycles. The summed E-state index contributed by atoms with van der Waals surface area (Å²) in [4.78, 5) is 11.3. The van der Waals surface area contributed by atoms with Crippen LogP contribution in [-0.4, -0.2) is 21.3 Å². The molecule has 0 atom stereocenters. The van der Waals surface area contributed by atoms with Crippen molar-refractivity contribution >= 4 is 17.1 Å². The maximum atomic E-state index is 11.3. The van der Waals surface area contributed by atoms with E-state index in [0.717, 1.165) is 24.8 Å². The van der Waals surface area contributed by atoms with E-state index in [2.05, 4.69) is 6.92 Å². The van der Waals surface area contributed by atoms with Gasteiger partial charge in [-0.3, -0.25) is 0 Å². The summed E-state index contributed by atoms with van der Waals surface area (Å²) in [5.41, 5.74) is 2.07. The minimum absolute atomic E-state index is 0.153. The number of fused-ring (bicyclic) bond motifs is 1. The number of benzene rings is 1. The minimum atomic E-state index is -1.03. The second-order valence-corrected chi connectivity index (χ2v) is 5.26. The van der Waals surface area contributed by atoms with E-state index in [1.807, 2.05) is 6.08 Å². The fourth-order valence-electron chi connectivity index (χ4n) is 2.52. The smallest absolute Gasteiger partial charge is 0.336 e. The second-order valence-electron chi connectivity index (χ2n) is 5.26. The Labute approximate surface area is 124 Å². The Kier molecular flexibility index (Phi) is 4.68. The van der Waals surface area contributed by atoms with Crippen molar-refractivity contribution in [3.8, 4) is 11.5 Å². The van der Waals surface area contributed by atoms with Crippen LogP contribution in [-0.2, 0) is 4.79 Å². The van der Waals surface area contributed by atoms with Crippen molar-refractivity contribution < 1.29 is 20.1 Å². The van der Waals surface area contributed by atoms with Crippen molar-refractivity contribution in [3.05, 3.63) is 35.4 Å². The van der Waals surface area contributed by atoms with Gasteiger partial charge in [-0.1, -0.05) is 32.3 Å². The summed E-state index contributed by atoms with van der Waals surface area (Å²) in [6, 6.07) is 2.73. The standard InChI is InChI=1S/C17H20O4/c1-2-3-4-5-6-7-11-8-14(17(20)21)13-10-16(19)15(18)9-12(11)13/h7-10,18-19H,2-6H2,1H3,(H,20,21)/b11-7+. The molecule has 0 unspecified atom stereocenters. The zero-order chi connectivity index (χ0) is 15.4. The number of unbranched alkanes of at least 4 members (excludes halogenated alkanes) is 4. The topological polar surface area (TPSA) is 77.8 Å². The van der Waals surface area contributed by atoms with Crippen LogP contribution >= 0.6 is 0 Å². The molecule has 0 spiro atoms. The summed E-state index contributed by atoms with van der Waals surface area (Å²) in [5, 5.41) is 28.4. The normalized spacial score (nSPS) is 15.1. The number of aliphatic carboxylic acids is 1. The van der Waals surface area contributed by atoms with Gasteiger partial charge in [-0.15, -0.1) is 0 Å². The predicted molar refractivity (Wildman–Crippen MR) is 82.1 cm³/mol. The van der Waals surface area contributed by atoms with Crippen LogP contribution in [0.5, 0.6) is 11.5 Å². The number of hydrogen-bond donors (Lipinski definition) is 3. The Morgan fingerprint density at radius 3 is 2.38 bits per heavy atom. The first kappa shape index (κ1) is 15.2. The highest BCUT2D eigenvalue weighted by Gasteiger charge is 2.24. The van der Waals surface area contributed by atoms with Crippen LogP contribution < -0.4 is 0 Å². The van der Waals surface area contributed by atoms with E-state index in [9.17, 15) is 20.1 Å². The zero-order valence-corrected chi connectivity index (χ0v) is 12.1. The van der Waals surface area contributed by atoms with Crippen molar-refractivity contribution in [3.63, 3.8) is 0 Å². The van der Waals surface area contributed by atoms with Crippen molar-refractivity contribution in [1.29, 1.82) is 0 Å². The number of allylic oxidation sites excluding steroid dienone is 3. The monoisotopic (exact) mass is 288 g/mol. The van der Waals surface area contributed by atoms with E-state index >= 15 is 0 Å². The second kappa shape index (κ2) is 6.48. The summed E-state index contributed by atoms with van der Waals surface area (Å²) in [7, 11) is 0. The molecule has 0 aliphatic heterocycles. The molecule has 0 aromatic heterocycles. The number of hydrogen-bond acceptors (Lipinski definition) is 3. The number of carboxylic acids is 1. The van der Waals surface area contributed by atoms with Crippen LogP contribution in [0.15, 0.2) is 24.3 Å². The van der Waals surface area contributed by atoms with Gasteiger partial charge in [-0.05, 0) is 42.2 Å². The lowest BCUT2D eigenvalue weighted by molar-refractivity contribution is -0.130. The number of carboxylic acid groups (broad SMARTS) is 1. The highest BCUT2D eigenvalue weighted by molar-refractivity contribution is 6.22. The van der Waals surface area contributed by atoms with Crippen LogP contribution in [0.2, 0.25) is 0 Å². The molecule has 0 heterocycles. The number of phenols is 2. The fraction of sp³-hybridized carbons (Fsp3) is 0.353. The summed E-state index contributed by atoms with van der Waals surface area (Å²) >= 11 is 0. The lowest BCUT2D eigenvalue weighted by Crippen LogP contribution is -1.97. The van der Waals surface area contributed by atoms with Gasteiger partial charge in [-0.25, -0.2) is 4.79 Å². The largest absolute Gasteiger partial charge is 0.504 e. The van der Waals surface area contributed by atoms with Gasteiger partial charge in [0.2, 0.25) is 0 Å². The number of aromatic hydroxyl groups is 2. The van der Waals surface area contributed by atoms with Crippen molar-refractivity contribution in [1.82, 2.24) is 0 Å². The Balaban J connectivity index is 2.27. The molecule has 4 heteroatoms. The van der Waals surface area contributed by atoms with E-state index < -0.39 is 5.97 Å². The molecule has 0 saturated heterocycles. The first-order valence-electron chi connectivity index (χ1n) is 7.26. The van der Waals surface area contributed by atoms with Gasteiger partial charge in [0.1, 0.15) is 0 Å². The highest BCUT2D eigenvalue weighted by Crippen LogP contribution is 2.41. The lowest BCUT2D eigenvalue weighted by Gasteiger charge is -2.06. The molecular weight excluding hydrogens is 268 g/mol. The molecule has 4 nitrogen and oxygen atoms in total. The average Bonchev–Trinajstić information content (AvgIpc) is 2.78. The Morgan fingerprint density at radius 1 is 1.10 bits per heavy atom. The zero-order valence-electron chi connectivity index (χ0n) is 12.1. The van der Waals surface area contributed by atoms with Crippen molar-refractivity contribution in [2.45, 2.75) is 39.0 Å². The fourth-order valence-corrected chi connectivity index (χ4v) is 2.52. The van der Waals surface area contributed by atoms with Crippen LogP contribution in [0, 0.1) is 0 Å². The molecule has 1 aromatic rings. The predicted octanol–water partition coefficient (Wildman–Crippen LogP) is 3.93. The Bertz CT molecular complexity index is 611. The van der Waals surface area contributed by atoms with E-state index in [1.54, 1.807) is 6.08 Å². The van der Waals surface area contributed by atoms with Gasteiger partial charge >= 0.3 is 5.97 Å². The van der Waals surface area contributed by atoms with Crippen LogP contribution in [0.4, 0.5) is 0 Å². The summed E-state index contributed by atoms with van der Waals surface area (Å²) < 4.78 is 0. The molecule has 0 radical (unpaired) electrons. The molecule has 1 aliphatic rings. The third-order valence-electron chi connectivity index (χ3n) is 3.67. The van der Waals surface area contributed by atoms with Crippen molar-refractivity contribution in [2.24, 2.45) is 0 Å². The summed E-state index contributed by atoms with van der Waals surface area (Å²) in [5.74, 6) is -1.56. The number of rotatable bonds is 6. The SMILES string of the molecule is CCCCCC/C=C1\C=C(C(=O)O)c2cc(O)c(O)cc21. The van der Waals surface area contributed by atoms with E-state index in [1.165, 1.54) is 25.0 Å². The first-order chi connectivity index (χ1) is 10.0. The molecule has 21 heavy (non-hydrogen) atoms. The van der Waals surface area contributed by atoms with Crippen LogP contribution in [0.3, 0.4) is 0 Å². The van der Waals surface area contributed by atoms with Crippen LogP contribution in [0.25, 0.3) is 11.1 Å². The summed E-state index contributed by atoms with van der Waals surface area (Å²) in [6.45, 7) is 2.16. The average molecular weight is 288 g/mol. The maximum absolute atomic E-state index is 11.3. The van der Waals surface area contributed by atoms with Gasteiger partial charge < -0.3 is 15.3 Å². The Morgan fingerprint density at radius 2 is 1.76 bits per heavy atom. The molecule has 1 aromatic carbocycles.